The maximum absolute atomic E-state index is 12.0. The Labute approximate surface area is 154 Å². The summed E-state index contributed by atoms with van der Waals surface area (Å²) >= 11 is 3.15. The molecule has 8 heteroatoms. The van der Waals surface area contributed by atoms with Gasteiger partial charge in [0.25, 0.3) is 11.8 Å². The number of amides is 2. The van der Waals surface area contributed by atoms with Gasteiger partial charge < -0.3 is 20.4 Å². The van der Waals surface area contributed by atoms with E-state index in [0.29, 0.717) is 22.5 Å². The van der Waals surface area contributed by atoms with Gasteiger partial charge in [0, 0.05) is 23.8 Å². The van der Waals surface area contributed by atoms with E-state index in [1.807, 2.05) is 14.0 Å². The van der Waals surface area contributed by atoms with Gasteiger partial charge in [0.05, 0.1) is 0 Å². The second-order valence-electron chi connectivity index (χ2n) is 5.03. The van der Waals surface area contributed by atoms with E-state index in [0.717, 1.165) is 0 Å². The number of benzene rings is 1. The van der Waals surface area contributed by atoms with Crippen LogP contribution in [0, 0.1) is 0 Å². The molecule has 3 N–H and O–H groups in total. The van der Waals surface area contributed by atoms with Crippen molar-refractivity contribution in [1.29, 1.82) is 0 Å². The van der Waals surface area contributed by atoms with Crippen LogP contribution in [-0.4, -0.2) is 31.4 Å². The minimum absolute atomic E-state index is 0. The van der Waals surface area contributed by atoms with E-state index in [4.69, 9.17) is 4.42 Å². The van der Waals surface area contributed by atoms with Crippen molar-refractivity contribution in [2.45, 2.75) is 13.0 Å². The number of hydrogen-bond acceptors (Lipinski definition) is 4. The van der Waals surface area contributed by atoms with Crippen molar-refractivity contribution in [2.75, 3.05) is 18.9 Å². The van der Waals surface area contributed by atoms with Crippen molar-refractivity contribution in [3.63, 3.8) is 0 Å². The normalized spacial score (nSPS) is 11.3. The molecule has 6 nitrogen and oxygen atoms in total. The molecule has 0 aliphatic carbocycles. The topological polar surface area (TPSA) is 83.4 Å². The minimum Gasteiger partial charge on any atom is -0.444 e. The molecule has 0 saturated heterocycles. The maximum Gasteiger partial charge on any atom is 0.291 e. The van der Waals surface area contributed by atoms with Crippen LogP contribution in [0.4, 0.5) is 5.69 Å². The number of carbonyl (C=O) groups excluding carboxylic acids is 2. The van der Waals surface area contributed by atoms with Gasteiger partial charge in [-0.3, -0.25) is 9.59 Å². The van der Waals surface area contributed by atoms with E-state index in [2.05, 4.69) is 31.9 Å². The van der Waals surface area contributed by atoms with Crippen LogP contribution in [0.25, 0.3) is 0 Å². The molecule has 1 aromatic carbocycles. The molecule has 130 valence electrons. The van der Waals surface area contributed by atoms with Crippen LogP contribution >= 0.6 is 28.3 Å². The molecule has 0 aliphatic heterocycles. The Morgan fingerprint density at radius 3 is 2.33 bits per heavy atom. The van der Waals surface area contributed by atoms with Gasteiger partial charge in [-0.15, -0.1) is 12.4 Å². The molecule has 2 amide bonds. The van der Waals surface area contributed by atoms with Crippen LogP contribution in [-0.2, 0) is 0 Å². The molecule has 1 heterocycles. The standard InChI is InChI=1S/C16H18BrN3O3.ClH/c1-10(18-2)9-19-15(21)11-3-5-12(6-4-11)20-16(22)13-7-8-14(17)23-13;/h3-8,10,18H,9H2,1-2H3,(H,19,21)(H,20,22);1H. The van der Waals surface area contributed by atoms with E-state index in [1.165, 1.54) is 0 Å². The molecule has 1 atom stereocenters. The first-order chi connectivity index (χ1) is 11.0. The number of anilines is 1. The smallest absolute Gasteiger partial charge is 0.291 e. The van der Waals surface area contributed by atoms with E-state index < -0.39 is 0 Å². The van der Waals surface area contributed by atoms with E-state index >= 15 is 0 Å². The largest absolute Gasteiger partial charge is 0.444 e. The molecule has 2 rings (SSSR count). The summed E-state index contributed by atoms with van der Waals surface area (Å²) in [7, 11) is 1.84. The highest BCUT2D eigenvalue weighted by Crippen LogP contribution is 2.16. The van der Waals surface area contributed by atoms with Crippen LogP contribution < -0.4 is 16.0 Å². The highest BCUT2D eigenvalue weighted by atomic mass is 79.9. The molecule has 24 heavy (non-hydrogen) atoms. The van der Waals surface area contributed by atoms with Crippen molar-refractivity contribution < 1.29 is 14.0 Å². The van der Waals surface area contributed by atoms with Gasteiger partial charge in [-0.1, -0.05) is 0 Å². The van der Waals surface area contributed by atoms with Crippen molar-refractivity contribution in [3.8, 4) is 0 Å². The van der Waals surface area contributed by atoms with E-state index in [1.54, 1.807) is 36.4 Å². The first kappa shape index (κ1) is 20.2. The highest BCUT2D eigenvalue weighted by molar-refractivity contribution is 9.10. The lowest BCUT2D eigenvalue weighted by Gasteiger charge is -2.11. The van der Waals surface area contributed by atoms with Gasteiger partial charge in [-0.2, -0.15) is 0 Å². The first-order valence-electron chi connectivity index (χ1n) is 7.12. The Balaban J connectivity index is 0.00000288. The predicted octanol–water partition coefficient (Wildman–Crippen LogP) is 3.05. The molecule has 1 aromatic heterocycles. The third kappa shape index (κ3) is 5.67. The molecule has 0 bridgehead atoms. The molecule has 0 aliphatic rings. The van der Waals surface area contributed by atoms with Crippen molar-refractivity contribution in [1.82, 2.24) is 10.6 Å². The summed E-state index contributed by atoms with van der Waals surface area (Å²) in [5, 5.41) is 8.58. The number of hydrogen-bond donors (Lipinski definition) is 3. The monoisotopic (exact) mass is 415 g/mol. The second-order valence-corrected chi connectivity index (χ2v) is 5.82. The van der Waals surface area contributed by atoms with Crippen molar-refractivity contribution in [2.24, 2.45) is 0 Å². The molecule has 2 aromatic rings. The Morgan fingerprint density at radius 1 is 1.12 bits per heavy atom. The Morgan fingerprint density at radius 2 is 1.79 bits per heavy atom. The summed E-state index contributed by atoms with van der Waals surface area (Å²) in [6.07, 6.45) is 0. The fraction of sp³-hybridized carbons (Fsp3) is 0.250. The van der Waals surface area contributed by atoms with Crippen LogP contribution in [0.1, 0.15) is 27.8 Å². The summed E-state index contributed by atoms with van der Waals surface area (Å²) in [6.45, 7) is 2.52. The van der Waals surface area contributed by atoms with Gasteiger partial charge in [-0.25, -0.2) is 0 Å². The van der Waals surface area contributed by atoms with Gasteiger partial charge in [0.1, 0.15) is 0 Å². The highest BCUT2D eigenvalue weighted by Gasteiger charge is 2.11. The number of carbonyl (C=O) groups is 2. The SMILES string of the molecule is CNC(C)CNC(=O)c1ccc(NC(=O)c2ccc(Br)o2)cc1.Cl. The van der Waals surface area contributed by atoms with Crippen LogP contribution in [0.5, 0.6) is 0 Å². The molecule has 0 saturated carbocycles. The maximum atomic E-state index is 12.0. The minimum atomic E-state index is -0.351. The third-order valence-electron chi connectivity index (χ3n) is 3.26. The summed E-state index contributed by atoms with van der Waals surface area (Å²) in [4.78, 5) is 23.9. The van der Waals surface area contributed by atoms with Crippen LogP contribution in [0.2, 0.25) is 0 Å². The lowest BCUT2D eigenvalue weighted by atomic mass is 10.2. The molecule has 0 radical (unpaired) electrons. The molecular formula is C16H19BrClN3O3. The van der Waals surface area contributed by atoms with Crippen molar-refractivity contribution >= 4 is 45.8 Å². The number of rotatable bonds is 6. The second kappa shape index (κ2) is 9.46. The number of furan rings is 1. The average molecular weight is 417 g/mol. The predicted molar refractivity (Wildman–Crippen MR) is 98.9 cm³/mol. The fourth-order valence-electron chi connectivity index (χ4n) is 1.78. The zero-order valence-corrected chi connectivity index (χ0v) is 15.7. The van der Waals surface area contributed by atoms with Gasteiger partial charge >= 0.3 is 0 Å². The zero-order chi connectivity index (χ0) is 16.8. The first-order valence-corrected chi connectivity index (χ1v) is 7.91. The van der Waals surface area contributed by atoms with Gasteiger partial charge in [-0.05, 0) is 66.3 Å². The summed E-state index contributed by atoms with van der Waals surface area (Å²) < 4.78 is 5.67. The number of nitrogens with one attached hydrogen (secondary N) is 3. The molecular weight excluding hydrogens is 398 g/mol. The van der Waals surface area contributed by atoms with Crippen molar-refractivity contribution in [3.05, 3.63) is 52.4 Å². The number of halogens is 2. The summed E-state index contributed by atoms with van der Waals surface area (Å²) in [5.74, 6) is -0.296. The van der Waals surface area contributed by atoms with Gasteiger partial charge in [0.2, 0.25) is 0 Å². The van der Waals surface area contributed by atoms with Crippen LogP contribution in [0.15, 0.2) is 45.5 Å². The lowest BCUT2D eigenvalue weighted by Crippen LogP contribution is -2.37. The summed E-state index contributed by atoms with van der Waals surface area (Å²) in [5.41, 5.74) is 1.12. The molecule has 0 fully saturated rings. The zero-order valence-electron chi connectivity index (χ0n) is 13.3. The fourth-order valence-corrected chi connectivity index (χ4v) is 2.09. The molecule has 0 spiro atoms. The summed E-state index contributed by atoms with van der Waals surface area (Å²) in [6, 6.07) is 10.1. The Bertz CT molecular complexity index is 688. The van der Waals surface area contributed by atoms with Gasteiger partial charge in [0.15, 0.2) is 10.4 Å². The number of likely N-dealkylation sites (N-methyl/N-ethyl adjacent to an activating group) is 1. The van der Waals surface area contributed by atoms with E-state index in [9.17, 15) is 9.59 Å². The Kier molecular flexibility index (Phi) is 7.97. The quantitative estimate of drug-likeness (QED) is 0.676. The average Bonchev–Trinajstić information content (AvgIpc) is 2.99. The van der Waals surface area contributed by atoms with Crippen LogP contribution in [0.3, 0.4) is 0 Å². The third-order valence-corrected chi connectivity index (χ3v) is 3.69. The molecule has 1 unspecified atom stereocenters. The Hall–Kier alpha value is -1.83. The lowest BCUT2D eigenvalue weighted by molar-refractivity contribution is 0.0949. The van der Waals surface area contributed by atoms with E-state index in [-0.39, 0.29) is 36.0 Å².